The molecule has 0 aromatic heterocycles. The largest absolute Gasteiger partial charge is 0.414 e. The van der Waals surface area contributed by atoms with Crippen LogP contribution in [-0.2, 0) is 4.74 Å². The van der Waals surface area contributed by atoms with Crippen molar-refractivity contribution < 1.29 is 17.9 Å². The van der Waals surface area contributed by atoms with Crippen LogP contribution in [0, 0.1) is 0 Å². The van der Waals surface area contributed by atoms with E-state index < -0.39 is 12.3 Å². The van der Waals surface area contributed by atoms with E-state index >= 15 is 0 Å². The van der Waals surface area contributed by atoms with E-state index in [4.69, 9.17) is 0 Å². The van der Waals surface area contributed by atoms with Gasteiger partial charge in [-0.05, 0) is 12.8 Å². The van der Waals surface area contributed by atoms with E-state index in [1.165, 1.54) is 6.92 Å². The maximum Gasteiger partial charge on any atom is 0.414 e. The molecule has 0 heterocycles. The fourth-order valence-corrected chi connectivity index (χ4v) is 0.814. The van der Waals surface area contributed by atoms with Gasteiger partial charge in [-0.15, -0.1) is 0 Å². The van der Waals surface area contributed by atoms with Crippen molar-refractivity contribution in [1.29, 1.82) is 0 Å². The van der Waals surface area contributed by atoms with Gasteiger partial charge in [0.05, 0.1) is 0 Å². The maximum atomic E-state index is 12.0. The highest BCUT2D eigenvalue weighted by Gasteiger charge is 2.38. The molecule has 74 valence electrons. The number of ether oxygens (including phenoxy) is 1. The van der Waals surface area contributed by atoms with Gasteiger partial charge in [-0.25, -0.2) is 0 Å². The summed E-state index contributed by atoms with van der Waals surface area (Å²) in [6.07, 6.45) is -4.25. The first-order valence-electron chi connectivity index (χ1n) is 4.20. The Morgan fingerprint density at radius 3 is 2.17 bits per heavy atom. The Balaban J connectivity index is 3.68. The molecule has 0 aliphatic heterocycles. The molecule has 0 saturated heterocycles. The van der Waals surface area contributed by atoms with E-state index in [-0.39, 0.29) is 13.0 Å². The van der Waals surface area contributed by atoms with Crippen LogP contribution in [0.2, 0.25) is 0 Å². The van der Waals surface area contributed by atoms with Crippen molar-refractivity contribution in [3.8, 4) is 0 Å². The van der Waals surface area contributed by atoms with Crippen molar-refractivity contribution in [2.75, 3.05) is 6.61 Å². The smallest absolute Gasteiger partial charge is 0.369 e. The van der Waals surface area contributed by atoms with Crippen molar-refractivity contribution in [1.82, 2.24) is 0 Å². The Kier molecular flexibility index (Phi) is 5.29. The van der Waals surface area contributed by atoms with E-state index in [2.05, 4.69) is 4.74 Å². The minimum atomic E-state index is -4.21. The highest BCUT2D eigenvalue weighted by Crippen LogP contribution is 2.25. The predicted octanol–water partition coefficient (Wildman–Crippen LogP) is 3.14. The number of rotatable bonds is 5. The van der Waals surface area contributed by atoms with Crippen LogP contribution in [0.3, 0.4) is 0 Å². The molecule has 0 spiro atoms. The molecule has 0 fully saturated rings. The Morgan fingerprint density at radius 2 is 1.83 bits per heavy atom. The second-order valence-corrected chi connectivity index (χ2v) is 2.66. The second-order valence-electron chi connectivity index (χ2n) is 2.66. The van der Waals surface area contributed by atoms with Crippen molar-refractivity contribution in [3.63, 3.8) is 0 Å². The molecule has 0 aromatic rings. The van der Waals surface area contributed by atoms with E-state index in [1.54, 1.807) is 0 Å². The quantitative estimate of drug-likeness (QED) is 0.596. The van der Waals surface area contributed by atoms with Gasteiger partial charge in [0.15, 0.2) is 6.10 Å². The zero-order chi connectivity index (χ0) is 9.61. The number of halogens is 3. The number of hydrogen-bond acceptors (Lipinski definition) is 1. The summed E-state index contributed by atoms with van der Waals surface area (Å²) in [7, 11) is 0. The number of hydrogen-bond donors (Lipinski definition) is 0. The minimum Gasteiger partial charge on any atom is -0.369 e. The van der Waals surface area contributed by atoms with Crippen molar-refractivity contribution in [2.45, 2.75) is 45.4 Å². The zero-order valence-electron chi connectivity index (χ0n) is 7.45. The van der Waals surface area contributed by atoms with Crippen LogP contribution in [0.4, 0.5) is 13.2 Å². The molecule has 1 atom stereocenters. The third-order valence-electron chi connectivity index (χ3n) is 1.55. The summed E-state index contributed by atoms with van der Waals surface area (Å²) in [5, 5.41) is 0. The summed E-state index contributed by atoms with van der Waals surface area (Å²) < 4.78 is 40.7. The molecule has 0 rings (SSSR count). The van der Waals surface area contributed by atoms with E-state index in [9.17, 15) is 13.2 Å². The van der Waals surface area contributed by atoms with Crippen LogP contribution in [-0.4, -0.2) is 18.9 Å². The normalized spacial score (nSPS) is 14.8. The lowest BCUT2D eigenvalue weighted by Crippen LogP contribution is -2.31. The van der Waals surface area contributed by atoms with Crippen LogP contribution in [0.5, 0.6) is 0 Å². The minimum absolute atomic E-state index is 0.00673. The lowest BCUT2D eigenvalue weighted by atomic mass is 10.2. The Hall–Kier alpha value is -0.250. The van der Waals surface area contributed by atoms with Gasteiger partial charge >= 0.3 is 6.18 Å². The van der Waals surface area contributed by atoms with Gasteiger partial charge in [-0.1, -0.05) is 20.3 Å². The molecule has 12 heavy (non-hydrogen) atoms. The van der Waals surface area contributed by atoms with Gasteiger partial charge in [0.2, 0.25) is 0 Å². The predicted molar refractivity (Wildman–Crippen MR) is 41.0 cm³/mol. The average Bonchev–Trinajstić information content (AvgIpc) is 1.95. The molecule has 1 nitrogen and oxygen atoms in total. The highest BCUT2D eigenvalue weighted by atomic mass is 19.4. The molecule has 4 heteroatoms. The Bertz CT molecular complexity index is 111. The molecule has 1 unspecified atom stereocenters. The van der Waals surface area contributed by atoms with Crippen molar-refractivity contribution in [2.24, 2.45) is 0 Å². The Morgan fingerprint density at radius 1 is 1.25 bits per heavy atom. The standard InChI is InChI=1S/C8H15F3O/c1-3-5-6-12-7(4-2)8(9,10)11/h7H,3-6H2,1-2H3. The summed E-state index contributed by atoms with van der Waals surface area (Å²) in [5.41, 5.74) is 0. The summed E-state index contributed by atoms with van der Waals surface area (Å²) in [6, 6.07) is 0. The topological polar surface area (TPSA) is 9.23 Å². The molecule has 0 aliphatic carbocycles. The third-order valence-corrected chi connectivity index (χ3v) is 1.55. The lowest BCUT2D eigenvalue weighted by Gasteiger charge is -2.18. The van der Waals surface area contributed by atoms with Crippen molar-refractivity contribution in [3.05, 3.63) is 0 Å². The van der Waals surface area contributed by atoms with Gasteiger partial charge in [0.1, 0.15) is 0 Å². The molecule has 0 saturated carbocycles. The summed E-state index contributed by atoms with van der Waals surface area (Å²) in [5.74, 6) is 0. The van der Waals surface area contributed by atoms with Crippen LogP contribution >= 0.6 is 0 Å². The van der Waals surface area contributed by atoms with Gasteiger partial charge in [0, 0.05) is 6.61 Å². The average molecular weight is 184 g/mol. The first kappa shape index (κ1) is 11.8. The summed E-state index contributed by atoms with van der Waals surface area (Å²) >= 11 is 0. The Labute approximate surface area is 70.9 Å². The zero-order valence-corrected chi connectivity index (χ0v) is 7.45. The third kappa shape index (κ3) is 4.59. The molecule has 0 aliphatic rings. The number of unbranched alkanes of at least 4 members (excludes halogenated alkanes) is 1. The van der Waals surface area contributed by atoms with E-state index in [0.29, 0.717) is 6.42 Å². The first-order valence-corrected chi connectivity index (χ1v) is 4.20. The second kappa shape index (κ2) is 5.41. The first-order chi connectivity index (χ1) is 5.52. The molecule has 0 N–H and O–H groups in total. The molecule has 0 bridgehead atoms. The molecular weight excluding hydrogens is 169 g/mol. The molecule has 0 amide bonds. The van der Waals surface area contributed by atoms with Gasteiger partial charge < -0.3 is 4.74 Å². The van der Waals surface area contributed by atoms with Gasteiger partial charge in [0.25, 0.3) is 0 Å². The maximum absolute atomic E-state index is 12.0. The van der Waals surface area contributed by atoms with Crippen LogP contribution in [0.25, 0.3) is 0 Å². The van der Waals surface area contributed by atoms with E-state index in [0.717, 1.165) is 6.42 Å². The number of alkyl halides is 3. The fourth-order valence-electron chi connectivity index (χ4n) is 0.814. The molecular formula is C8H15F3O. The molecule has 0 radical (unpaired) electrons. The van der Waals surface area contributed by atoms with Crippen LogP contribution < -0.4 is 0 Å². The monoisotopic (exact) mass is 184 g/mol. The highest BCUT2D eigenvalue weighted by molar-refractivity contribution is 4.64. The van der Waals surface area contributed by atoms with E-state index in [1.807, 2.05) is 6.92 Å². The van der Waals surface area contributed by atoms with Gasteiger partial charge in [-0.2, -0.15) is 13.2 Å². The summed E-state index contributed by atoms with van der Waals surface area (Å²) in [4.78, 5) is 0. The van der Waals surface area contributed by atoms with Crippen LogP contribution in [0.1, 0.15) is 33.1 Å². The SMILES string of the molecule is CCCCOC(CC)C(F)(F)F. The van der Waals surface area contributed by atoms with Gasteiger partial charge in [-0.3, -0.25) is 0 Å². The molecule has 0 aromatic carbocycles. The summed E-state index contributed by atoms with van der Waals surface area (Å²) in [6.45, 7) is 3.59. The fraction of sp³-hybridized carbons (Fsp3) is 1.00. The lowest BCUT2D eigenvalue weighted by molar-refractivity contribution is -0.221. The van der Waals surface area contributed by atoms with Crippen molar-refractivity contribution >= 4 is 0 Å². The van der Waals surface area contributed by atoms with Crippen LogP contribution in [0.15, 0.2) is 0 Å².